The molecule has 7 heteroatoms. The zero-order valence-electron chi connectivity index (χ0n) is 20.9. The topological polar surface area (TPSA) is 56.6 Å². The summed E-state index contributed by atoms with van der Waals surface area (Å²) in [6.07, 6.45) is 6.73. The highest BCUT2D eigenvalue weighted by molar-refractivity contribution is 5.79. The molecule has 2 heterocycles. The zero-order chi connectivity index (χ0) is 24.9. The highest BCUT2D eigenvalue weighted by Gasteiger charge is 2.32. The van der Waals surface area contributed by atoms with E-state index in [0.717, 1.165) is 62.1 Å². The van der Waals surface area contributed by atoms with Crippen LogP contribution in [0.4, 0.5) is 4.39 Å². The van der Waals surface area contributed by atoms with Crippen molar-refractivity contribution in [1.82, 2.24) is 14.7 Å². The van der Waals surface area contributed by atoms with Gasteiger partial charge in [-0.2, -0.15) is 5.10 Å². The molecule has 3 aromatic rings. The van der Waals surface area contributed by atoms with Gasteiger partial charge in [-0.15, -0.1) is 0 Å². The normalized spacial score (nSPS) is 18.0. The molecular weight excluding hydrogens is 457 g/mol. The molecule has 1 aliphatic carbocycles. The summed E-state index contributed by atoms with van der Waals surface area (Å²) >= 11 is 0. The summed E-state index contributed by atoms with van der Waals surface area (Å²) in [5.74, 6) is 0.359. The smallest absolute Gasteiger partial charge is 0.228 e. The minimum atomic E-state index is -0.444. The van der Waals surface area contributed by atoms with Crippen molar-refractivity contribution in [3.05, 3.63) is 71.7 Å². The van der Waals surface area contributed by atoms with Crippen LogP contribution >= 0.6 is 0 Å². The van der Waals surface area contributed by atoms with Crippen LogP contribution < -0.4 is 4.74 Å². The lowest BCUT2D eigenvalue weighted by Crippen LogP contribution is -2.40. The Morgan fingerprint density at radius 1 is 1.08 bits per heavy atom. The fourth-order valence-corrected chi connectivity index (χ4v) is 5.29. The van der Waals surface area contributed by atoms with Crippen molar-refractivity contribution in [2.45, 2.75) is 64.5 Å². The molecule has 1 aromatic heterocycles. The number of nitrogens with zero attached hydrogens (tertiary/aromatic N) is 3. The van der Waals surface area contributed by atoms with E-state index in [4.69, 9.17) is 14.6 Å². The Morgan fingerprint density at radius 3 is 2.53 bits per heavy atom. The first-order valence-electron chi connectivity index (χ1n) is 13.1. The van der Waals surface area contributed by atoms with Gasteiger partial charge in [0.05, 0.1) is 29.6 Å². The number of ether oxygens (including phenoxy) is 2. The van der Waals surface area contributed by atoms with Crippen LogP contribution in [-0.4, -0.2) is 39.8 Å². The fourth-order valence-electron chi connectivity index (χ4n) is 5.29. The molecule has 1 aliphatic heterocycles. The van der Waals surface area contributed by atoms with E-state index in [1.807, 2.05) is 42.2 Å². The number of carbonyl (C=O) groups is 1. The molecule has 5 rings (SSSR count). The fraction of sp³-hybridized carbons (Fsp3) is 0.448. The Labute approximate surface area is 212 Å². The summed E-state index contributed by atoms with van der Waals surface area (Å²) in [7, 11) is 0. The lowest BCUT2D eigenvalue weighted by Gasteiger charge is -2.28. The van der Waals surface area contributed by atoms with E-state index < -0.39 is 5.82 Å². The molecule has 2 aromatic carbocycles. The van der Waals surface area contributed by atoms with Crippen molar-refractivity contribution in [2.24, 2.45) is 5.92 Å². The quantitative estimate of drug-likeness (QED) is 0.365. The van der Waals surface area contributed by atoms with Crippen molar-refractivity contribution in [3.8, 4) is 17.3 Å². The Kier molecular flexibility index (Phi) is 7.66. The standard InChI is InChI=1S/C29H34FN3O3/c1-2-26-24(20-32(19-23-15-10-18-35-23)28(34)21-11-6-7-12-21)29(36-27-17-9-8-16-25(27)30)33(31-26)22-13-4-3-5-14-22/h3-5,8-9,13-14,16-17,21,23H,2,6-7,10-12,15,18-20H2,1H3. The van der Waals surface area contributed by atoms with Crippen molar-refractivity contribution < 1.29 is 18.7 Å². The van der Waals surface area contributed by atoms with E-state index in [1.54, 1.807) is 22.9 Å². The van der Waals surface area contributed by atoms with Crippen LogP contribution in [0.3, 0.4) is 0 Å². The van der Waals surface area contributed by atoms with Gasteiger partial charge in [-0.1, -0.05) is 50.1 Å². The Hall–Kier alpha value is -3.19. The van der Waals surface area contributed by atoms with Crippen molar-refractivity contribution >= 4 is 5.91 Å². The molecule has 0 spiro atoms. The van der Waals surface area contributed by atoms with Gasteiger partial charge in [0.25, 0.3) is 0 Å². The monoisotopic (exact) mass is 491 g/mol. The van der Waals surface area contributed by atoms with Crippen LogP contribution in [0.1, 0.15) is 56.7 Å². The van der Waals surface area contributed by atoms with E-state index in [2.05, 4.69) is 0 Å². The molecule has 1 unspecified atom stereocenters. The van der Waals surface area contributed by atoms with Crippen LogP contribution in [0.2, 0.25) is 0 Å². The second-order valence-electron chi connectivity index (χ2n) is 9.70. The number of carbonyl (C=O) groups excluding carboxylic acids is 1. The van der Waals surface area contributed by atoms with Crippen molar-refractivity contribution in [3.63, 3.8) is 0 Å². The van der Waals surface area contributed by atoms with E-state index >= 15 is 0 Å². The van der Waals surface area contributed by atoms with Gasteiger partial charge in [0, 0.05) is 19.1 Å². The van der Waals surface area contributed by atoms with Crippen molar-refractivity contribution in [2.75, 3.05) is 13.2 Å². The van der Waals surface area contributed by atoms with Crippen molar-refractivity contribution in [1.29, 1.82) is 0 Å². The van der Waals surface area contributed by atoms with Gasteiger partial charge < -0.3 is 14.4 Å². The van der Waals surface area contributed by atoms with Gasteiger partial charge in [0.2, 0.25) is 11.8 Å². The third-order valence-electron chi connectivity index (χ3n) is 7.21. The Bertz CT molecular complexity index is 1170. The molecule has 0 radical (unpaired) electrons. The van der Waals surface area contributed by atoms with Crippen LogP contribution in [0.5, 0.6) is 11.6 Å². The van der Waals surface area contributed by atoms with Gasteiger partial charge in [-0.05, 0) is 56.4 Å². The summed E-state index contributed by atoms with van der Waals surface area (Å²) in [6, 6.07) is 16.1. The van der Waals surface area contributed by atoms with E-state index in [9.17, 15) is 9.18 Å². The van der Waals surface area contributed by atoms with Gasteiger partial charge in [0.15, 0.2) is 11.6 Å². The second kappa shape index (κ2) is 11.2. The molecular formula is C29H34FN3O3. The highest BCUT2D eigenvalue weighted by atomic mass is 19.1. The van der Waals surface area contributed by atoms with E-state index in [1.165, 1.54) is 6.07 Å². The number of para-hydroxylation sites is 2. The Balaban J connectivity index is 1.55. The third kappa shape index (κ3) is 5.31. The molecule has 0 bridgehead atoms. The third-order valence-corrected chi connectivity index (χ3v) is 7.21. The number of rotatable bonds is 9. The predicted molar refractivity (Wildman–Crippen MR) is 136 cm³/mol. The molecule has 1 saturated carbocycles. The van der Waals surface area contributed by atoms with Gasteiger partial charge >= 0.3 is 0 Å². The largest absolute Gasteiger partial charge is 0.435 e. The first-order valence-corrected chi connectivity index (χ1v) is 13.1. The summed E-state index contributed by atoms with van der Waals surface area (Å²) in [5, 5.41) is 4.87. The SMILES string of the molecule is CCc1nn(-c2ccccc2)c(Oc2ccccc2F)c1CN(CC1CCCO1)C(=O)C1CCCC1. The molecule has 0 N–H and O–H groups in total. The highest BCUT2D eigenvalue weighted by Crippen LogP contribution is 2.35. The zero-order valence-corrected chi connectivity index (χ0v) is 20.9. The number of aryl methyl sites for hydroxylation is 1. The van der Waals surface area contributed by atoms with Gasteiger partial charge in [-0.3, -0.25) is 4.79 Å². The molecule has 1 saturated heterocycles. The molecule has 190 valence electrons. The average Bonchev–Trinajstić information content (AvgIpc) is 3.68. The molecule has 2 fully saturated rings. The van der Waals surface area contributed by atoms with Gasteiger partial charge in [0.1, 0.15) is 0 Å². The minimum Gasteiger partial charge on any atom is -0.435 e. The number of hydrogen-bond acceptors (Lipinski definition) is 4. The first kappa shape index (κ1) is 24.5. The summed E-state index contributed by atoms with van der Waals surface area (Å²) < 4.78 is 28.5. The lowest BCUT2D eigenvalue weighted by atomic mass is 10.0. The number of hydrogen-bond donors (Lipinski definition) is 0. The van der Waals surface area contributed by atoms with Crippen LogP contribution in [0.15, 0.2) is 54.6 Å². The minimum absolute atomic E-state index is 0.0422. The molecule has 6 nitrogen and oxygen atoms in total. The van der Waals surface area contributed by atoms with E-state index in [-0.39, 0.29) is 23.7 Å². The summed E-state index contributed by atoms with van der Waals surface area (Å²) in [6.45, 7) is 3.68. The lowest BCUT2D eigenvalue weighted by molar-refractivity contribution is -0.137. The van der Waals surface area contributed by atoms with Crippen LogP contribution in [0, 0.1) is 11.7 Å². The molecule has 1 atom stereocenters. The predicted octanol–water partition coefficient (Wildman–Crippen LogP) is 6.06. The number of amides is 1. The number of benzene rings is 2. The van der Waals surface area contributed by atoms with Crippen LogP contribution in [-0.2, 0) is 22.5 Å². The molecule has 1 amide bonds. The maximum atomic E-state index is 14.7. The molecule has 2 aliphatic rings. The Morgan fingerprint density at radius 2 is 1.83 bits per heavy atom. The number of halogens is 1. The number of aromatic nitrogens is 2. The summed E-state index contributed by atoms with van der Waals surface area (Å²) in [5.41, 5.74) is 2.47. The molecule has 36 heavy (non-hydrogen) atoms. The average molecular weight is 492 g/mol. The maximum Gasteiger partial charge on any atom is 0.228 e. The maximum absolute atomic E-state index is 14.7. The van der Waals surface area contributed by atoms with E-state index in [0.29, 0.717) is 25.4 Å². The second-order valence-corrected chi connectivity index (χ2v) is 9.70. The summed E-state index contributed by atoms with van der Waals surface area (Å²) in [4.78, 5) is 15.6. The first-order chi connectivity index (χ1) is 17.6. The van der Waals surface area contributed by atoms with Crippen LogP contribution in [0.25, 0.3) is 5.69 Å². The van der Waals surface area contributed by atoms with Gasteiger partial charge in [-0.25, -0.2) is 9.07 Å².